The summed E-state index contributed by atoms with van der Waals surface area (Å²) in [7, 11) is -3.89. The summed E-state index contributed by atoms with van der Waals surface area (Å²) in [6.07, 6.45) is 1.90. The van der Waals surface area contributed by atoms with Crippen LogP contribution in [0, 0.1) is 0 Å². The second-order valence-corrected chi connectivity index (χ2v) is 6.21. The molecule has 8 heteroatoms. The molecule has 3 N–H and O–H groups in total. The van der Waals surface area contributed by atoms with Crippen molar-refractivity contribution < 1.29 is 27.8 Å². The van der Waals surface area contributed by atoms with E-state index in [9.17, 15) is 18.3 Å². The van der Waals surface area contributed by atoms with Crippen molar-refractivity contribution >= 4 is 16.0 Å². The number of sulfonamides is 1. The molecule has 1 aliphatic rings. The van der Waals surface area contributed by atoms with Crippen LogP contribution in [-0.4, -0.2) is 36.7 Å². The van der Waals surface area contributed by atoms with Crippen molar-refractivity contribution in [1.82, 2.24) is 4.72 Å². The standard InChI is InChI=1S/C11H15NO6S/c13-8-3-1-2-7(6-8)12-19(16,17)10-5-4-9(18-10)11(14)15/h4-5,7-8,12-13H,1-3,6H2,(H,14,15). The number of aliphatic hydroxyl groups is 1. The summed E-state index contributed by atoms with van der Waals surface area (Å²) in [6, 6.07) is 1.84. The number of carbonyl (C=O) groups is 1. The fourth-order valence-corrected chi connectivity index (χ4v) is 3.34. The molecule has 0 radical (unpaired) electrons. The summed E-state index contributed by atoms with van der Waals surface area (Å²) in [5.74, 6) is -1.75. The van der Waals surface area contributed by atoms with Gasteiger partial charge in [-0.2, -0.15) is 0 Å². The van der Waals surface area contributed by atoms with Crippen molar-refractivity contribution in [3.05, 3.63) is 17.9 Å². The van der Waals surface area contributed by atoms with Crippen molar-refractivity contribution in [1.29, 1.82) is 0 Å². The van der Waals surface area contributed by atoms with E-state index in [4.69, 9.17) is 9.52 Å². The van der Waals surface area contributed by atoms with E-state index in [1.165, 1.54) is 0 Å². The van der Waals surface area contributed by atoms with Gasteiger partial charge in [-0.25, -0.2) is 17.9 Å². The number of carboxylic acid groups (broad SMARTS) is 1. The predicted octanol–water partition coefficient (Wildman–Crippen LogP) is 0.560. The lowest BCUT2D eigenvalue weighted by atomic mass is 9.94. The minimum absolute atomic E-state index is 0.353. The number of rotatable bonds is 4. The monoisotopic (exact) mass is 289 g/mol. The Bertz CT molecular complexity index is 563. The zero-order valence-corrected chi connectivity index (χ0v) is 10.9. The fourth-order valence-electron chi connectivity index (χ4n) is 2.13. The first-order chi connectivity index (χ1) is 8.88. The van der Waals surface area contributed by atoms with Gasteiger partial charge in [0.25, 0.3) is 10.0 Å². The Labute approximate surface area is 110 Å². The molecule has 0 bridgehead atoms. The Kier molecular flexibility index (Phi) is 3.93. The Balaban J connectivity index is 2.10. The van der Waals surface area contributed by atoms with Gasteiger partial charge < -0.3 is 14.6 Å². The molecule has 1 aliphatic carbocycles. The molecule has 0 saturated heterocycles. The third-order valence-electron chi connectivity index (χ3n) is 3.03. The minimum Gasteiger partial charge on any atom is -0.475 e. The number of aromatic carboxylic acids is 1. The maximum Gasteiger partial charge on any atom is 0.371 e. The van der Waals surface area contributed by atoms with E-state index < -0.39 is 32.9 Å². The van der Waals surface area contributed by atoms with Crippen LogP contribution in [0.3, 0.4) is 0 Å². The van der Waals surface area contributed by atoms with E-state index in [1.54, 1.807) is 0 Å². The second-order valence-electron chi connectivity index (χ2n) is 4.56. The number of hydrogen-bond acceptors (Lipinski definition) is 5. The van der Waals surface area contributed by atoms with Crippen LogP contribution < -0.4 is 4.72 Å². The second kappa shape index (κ2) is 5.32. The van der Waals surface area contributed by atoms with Gasteiger partial charge in [-0.05, 0) is 37.8 Å². The van der Waals surface area contributed by atoms with Gasteiger partial charge in [0, 0.05) is 6.04 Å². The number of carboxylic acids is 1. The van der Waals surface area contributed by atoms with Crippen LogP contribution in [0.25, 0.3) is 0 Å². The number of furan rings is 1. The zero-order valence-electron chi connectivity index (χ0n) is 10.1. The lowest BCUT2D eigenvalue weighted by molar-refractivity contribution is 0.0656. The Morgan fingerprint density at radius 3 is 2.68 bits per heavy atom. The summed E-state index contributed by atoms with van der Waals surface area (Å²) in [5, 5.41) is 17.7. The van der Waals surface area contributed by atoms with Crippen LogP contribution >= 0.6 is 0 Å². The van der Waals surface area contributed by atoms with Crippen LogP contribution in [0.15, 0.2) is 21.6 Å². The van der Waals surface area contributed by atoms with E-state index in [-0.39, 0.29) is 6.04 Å². The normalized spacial score (nSPS) is 24.3. The van der Waals surface area contributed by atoms with Gasteiger partial charge in [0.1, 0.15) is 0 Å². The molecule has 2 unspecified atom stereocenters. The third-order valence-corrected chi connectivity index (χ3v) is 4.42. The molecule has 2 atom stereocenters. The first-order valence-corrected chi connectivity index (χ1v) is 7.40. The fraction of sp³-hybridized carbons (Fsp3) is 0.545. The Hall–Kier alpha value is -1.38. The lowest BCUT2D eigenvalue weighted by Gasteiger charge is -2.25. The molecular weight excluding hydrogens is 274 g/mol. The minimum atomic E-state index is -3.89. The number of aliphatic hydroxyl groups excluding tert-OH is 1. The van der Waals surface area contributed by atoms with Crippen LogP contribution in [0.5, 0.6) is 0 Å². The summed E-state index contributed by atoms with van der Waals surface area (Å²) in [4.78, 5) is 10.6. The molecule has 1 aromatic heterocycles. The van der Waals surface area contributed by atoms with Gasteiger partial charge in [0.05, 0.1) is 6.10 Å². The smallest absolute Gasteiger partial charge is 0.371 e. The van der Waals surface area contributed by atoms with Crippen molar-refractivity contribution in [2.45, 2.75) is 42.9 Å². The summed E-state index contributed by atoms with van der Waals surface area (Å²) >= 11 is 0. The molecule has 0 amide bonds. The average Bonchev–Trinajstić information content (AvgIpc) is 2.78. The van der Waals surface area contributed by atoms with E-state index in [1.807, 2.05) is 0 Å². The molecule has 0 spiro atoms. The molecular formula is C11H15NO6S. The summed E-state index contributed by atoms with van der Waals surface area (Å²) in [5.41, 5.74) is 0. The van der Waals surface area contributed by atoms with Crippen molar-refractivity contribution in [2.75, 3.05) is 0 Å². The first-order valence-electron chi connectivity index (χ1n) is 5.92. The largest absolute Gasteiger partial charge is 0.475 e. The summed E-state index contributed by atoms with van der Waals surface area (Å²) in [6.45, 7) is 0. The van der Waals surface area contributed by atoms with E-state index in [0.717, 1.165) is 18.6 Å². The van der Waals surface area contributed by atoms with Gasteiger partial charge in [-0.1, -0.05) is 0 Å². The molecule has 1 saturated carbocycles. The Morgan fingerprint density at radius 1 is 1.37 bits per heavy atom. The Morgan fingerprint density at radius 2 is 2.11 bits per heavy atom. The van der Waals surface area contributed by atoms with E-state index >= 15 is 0 Å². The highest BCUT2D eigenvalue weighted by Crippen LogP contribution is 2.21. The first kappa shape index (κ1) is 14.0. The van der Waals surface area contributed by atoms with Gasteiger partial charge in [0.2, 0.25) is 10.9 Å². The molecule has 7 nitrogen and oxygen atoms in total. The topological polar surface area (TPSA) is 117 Å². The van der Waals surface area contributed by atoms with Crippen molar-refractivity contribution in [3.63, 3.8) is 0 Å². The van der Waals surface area contributed by atoms with Crippen molar-refractivity contribution in [2.24, 2.45) is 0 Å². The molecule has 1 heterocycles. The van der Waals surface area contributed by atoms with E-state index in [2.05, 4.69) is 4.72 Å². The number of hydrogen-bond donors (Lipinski definition) is 3. The lowest BCUT2D eigenvalue weighted by Crippen LogP contribution is -2.39. The molecule has 19 heavy (non-hydrogen) atoms. The predicted molar refractivity (Wildman–Crippen MR) is 64.3 cm³/mol. The molecule has 0 aromatic carbocycles. The van der Waals surface area contributed by atoms with Crippen LogP contribution in [0.2, 0.25) is 0 Å². The highest BCUT2D eigenvalue weighted by Gasteiger charge is 2.27. The number of nitrogens with one attached hydrogen (secondary N) is 1. The highest BCUT2D eigenvalue weighted by atomic mass is 32.2. The van der Waals surface area contributed by atoms with Gasteiger partial charge in [-0.3, -0.25) is 0 Å². The molecule has 2 rings (SSSR count). The maximum absolute atomic E-state index is 12.0. The molecule has 0 aliphatic heterocycles. The van der Waals surface area contributed by atoms with Crippen LogP contribution in [0.4, 0.5) is 0 Å². The molecule has 1 aromatic rings. The maximum atomic E-state index is 12.0. The third kappa shape index (κ3) is 3.34. The highest BCUT2D eigenvalue weighted by molar-refractivity contribution is 7.89. The van der Waals surface area contributed by atoms with Crippen LogP contribution in [0.1, 0.15) is 36.2 Å². The average molecular weight is 289 g/mol. The summed E-state index contributed by atoms with van der Waals surface area (Å²) < 4.78 is 31.1. The van der Waals surface area contributed by atoms with Gasteiger partial charge in [-0.15, -0.1) is 0 Å². The van der Waals surface area contributed by atoms with E-state index in [0.29, 0.717) is 19.3 Å². The SMILES string of the molecule is O=C(O)c1ccc(S(=O)(=O)NC2CCCC(O)C2)o1. The quantitative estimate of drug-likeness (QED) is 0.745. The van der Waals surface area contributed by atoms with Gasteiger partial charge >= 0.3 is 5.97 Å². The molecule has 1 fully saturated rings. The molecule has 106 valence electrons. The zero-order chi connectivity index (χ0) is 14.0. The van der Waals surface area contributed by atoms with Crippen LogP contribution in [-0.2, 0) is 10.0 Å². The van der Waals surface area contributed by atoms with Gasteiger partial charge in [0.15, 0.2) is 0 Å². The van der Waals surface area contributed by atoms with Crippen molar-refractivity contribution in [3.8, 4) is 0 Å².